The minimum Gasteiger partial charge on any atom is -0.468 e. The summed E-state index contributed by atoms with van der Waals surface area (Å²) in [5.74, 6) is 0.236. The molecule has 0 saturated carbocycles. The number of hydrogen-bond donors (Lipinski definition) is 3. The zero-order chi connectivity index (χ0) is 19.7. The number of nitrogens with one attached hydrogen (secondary N) is 2. The Balaban J connectivity index is 1.88. The van der Waals surface area contributed by atoms with Gasteiger partial charge >= 0.3 is 0 Å². The summed E-state index contributed by atoms with van der Waals surface area (Å²) in [6, 6.07) is 9.09. The number of furan rings is 1. The van der Waals surface area contributed by atoms with Gasteiger partial charge in [-0.2, -0.15) is 0 Å². The molecule has 1 aromatic carbocycles. The molecule has 1 amide bonds. The summed E-state index contributed by atoms with van der Waals surface area (Å²) in [6.07, 6.45) is 1.47. The number of carbonyl (C=O) groups excluding carboxylic acids is 1. The van der Waals surface area contributed by atoms with E-state index in [2.05, 4.69) is 10.0 Å². The van der Waals surface area contributed by atoms with Crippen LogP contribution in [0.15, 0.2) is 52.0 Å². The Hall–Kier alpha value is -2.20. The second-order valence-electron chi connectivity index (χ2n) is 5.84. The maximum absolute atomic E-state index is 12.3. The predicted molar refractivity (Wildman–Crippen MR) is 101 cm³/mol. The van der Waals surface area contributed by atoms with E-state index in [0.717, 1.165) is 6.54 Å². The van der Waals surface area contributed by atoms with Gasteiger partial charge in [0.25, 0.3) is 5.91 Å². The standard InChI is InChI=1S/C18H25N3O5S/c1-2-21(11-12-22)10-9-19-18(23)15-5-7-17(8-6-15)27(24,25)20-14-16-4-3-13-26-16/h3-8,13,20,22H,2,9-12,14H2,1H3,(H,19,23). The normalized spacial score (nSPS) is 11.7. The number of aliphatic hydroxyl groups excluding tert-OH is 1. The summed E-state index contributed by atoms with van der Waals surface area (Å²) in [4.78, 5) is 14.2. The average Bonchev–Trinajstić information content (AvgIpc) is 3.19. The molecule has 3 N–H and O–H groups in total. The van der Waals surface area contributed by atoms with Crippen molar-refractivity contribution in [3.63, 3.8) is 0 Å². The van der Waals surface area contributed by atoms with E-state index in [9.17, 15) is 13.2 Å². The van der Waals surface area contributed by atoms with Gasteiger partial charge in [-0.15, -0.1) is 0 Å². The monoisotopic (exact) mass is 395 g/mol. The first-order valence-corrected chi connectivity index (χ1v) is 10.2. The van der Waals surface area contributed by atoms with Crippen molar-refractivity contribution in [1.82, 2.24) is 14.9 Å². The molecule has 0 bridgehead atoms. The van der Waals surface area contributed by atoms with Gasteiger partial charge in [-0.3, -0.25) is 9.69 Å². The molecule has 0 spiro atoms. The number of likely N-dealkylation sites (N-methyl/N-ethyl adjacent to an activating group) is 1. The molecule has 1 aromatic heterocycles. The van der Waals surface area contributed by atoms with E-state index in [1.54, 1.807) is 12.1 Å². The van der Waals surface area contributed by atoms with E-state index in [4.69, 9.17) is 9.52 Å². The lowest BCUT2D eigenvalue weighted by molar-refractivity contribution is 0.0947. The second-order valence-corrected chi connectivity index (χ2v) is 7.61. The van der Waals surface area contributed by atoms with Crippen molar-refractivity contribution in [2.75, 3.05) is 32.8 Å². The van der Waals surface area contributed by atoms with E-state index in [1.165, 1.54) is 30.5 Å². The molecule has 27 heavy (non-hydrogen) atoms. The number of aliphatic hydroxyl groups is 1. The van der Waals surface area contributed by atoms with Gasteiger partial charge in [0.1, 0.15) is 5.76 Å². The van der Waals surface area contributed by atoms with Gasteiger partial charge in [-0.25, -0.2) is 13.1 Å². The van der Waals surface area contributed by atoms with E-state index in [-0.39, 0.29) is 24.0 Å². The molecule has 0 aliphatic rings. The van der Waals surface area contributed by atoms with Crippen LogP contribution in [0.3, 0.4) is 0 Å². The summed E-state index contributed by atoms with van der Waals surface area (Å²) in [6.45, 7) is 4.53. The molecule has 1 heterocycles. The molecule has 2 rings (SSSR count). The van der Waals surface area contributed by atoms with Gasteiger partial charge in [0.05, 0.1) is 24.3 Å². The highest BCUT2D eigenvalue weighted by molar-refractivity contribution is 7.89. The van der Waals surface area contributed by atoms with Gasteiger partial charge in [0.15, 0.2) is 0 Å². The summed E-state index contributed by atoms with van der Waals surface area (Å²) in [5.41, 5.74) is 0.380. The molecule has 0 unspecified atom stereocenters. The molecule has 0 aliphatic heterocycles. The van der Waals surface area contributed by atoms with Crippen molar-refractivity contribution in [2.24, 2.45) is 0 Å². The lowest BCUT2D eigenvalue weighted by Gasteiger charge is -2.19. The van der Waals surface area contributed by atoms with Crippen LogP contribution in [-0.4, -0.2) is 57.1 Å². The number of benzene rings is 1. The van der Waals surface area contributed by atoms with Crippen LogP contribution in [0.25, 0.3) is 0 Å². The number of nitrogens with zero attached hydrogens (tertiary/aromatic N) is 1. The van der Waals surface area contributed by atoms with Gasteiger partial charge in [0, 0.05) is 25.2 Å². The Labute approximate surface area is 159 Å². The SMILES string of the molecule is CCN(CCO)CCNC(=O)c1ccc(S(=O)(=O)NCc2ccco2)cc1. The quantitative estimate of drug-likeness (QED) is 0.519. The molecule has 9 heteroatoms. The molecular formula is C18H25N3O5S. The molecule has 0 saturated heterocycles. The molecule has 0 fully saturated rings. The van der Waals surface area contributed by atoms with Crippen molar-refractivity contribution in [3.05, 3.63) is 54.0 Å². The number of sulfonamides is 1. The van der Waals surface area contributed by atoms with Crippen molar-refractivity contribution >= 4 is 15.9 Å². The summed E-state index contributed by atoms with van der Waals surface area (Å²) in [5, 5.41) is 11.7. The zero-order valence-corrected chi connectivity index (χ0v) is 16.0. The number of carbonyl (C=O) groups is 1. The molecule has 8 nitrogen and oxygen atoms in total. The van der Waals surface area contributed by atoms with Crippen molar-refractivity contribution in [2.45, 2.75) is 18.4 Å². The average molecular weight is 395 g/mol. The highest BCUT2D eigenvalue weighted by atomic mass is 32.2. The van der Waals surface area contributed by atoms with E-state index >= 15 is 0 Å². The van der Waals surface area contributed by atoms with Crippen LogP contribution in [0.2, 0.25) is 0 Å². The van der Waals surface area contributed by atoms with Crippen LogP contribution in [-0.2, 0) is 16.6 Å². The van der Waals surface area contributed by atoms with Crippen LogP contribution in [0.5, 0.6) is 0 Å². The van der Waals surface area contributed by atoms with Crippen LogP contribution < -0.4 is 10.0 Å². The second kappa shape index (κ2) is 10.2. The first-order valence-electron chi connectivity index (χ1n) is 8.69. The number of amides is 1. The van der Waals surface area contributed by atoms with Gasteiger partial charge in [-0.1, -0.05) is 6.92 Å². The van der Waals surface area contributed by atoms with E-state index in [1.807, 2.05) is 11.8 Å². The minimum atomic E-state index is -3.69. The van der Waals surface area contributed by atoms with Gasteiger partial charge in [-0.05, 0) is 42.9 Å². The fraction of sp³-hybridized carbons (Fsp3) is 0.389. The Bertz CT molecular complexity index is 804. The maximum atomic E-state index is 12.3. The summed E-state index contributed by atoms with van der Waals surface area (Å²) in [7, 11) is -3.69. The smallest absolute Gasteiger partial charge is 0.251 e. The van der Waals surface area contributed by atoms with Crippen LogP contribution >= 0.6 is 0 Å². The largest absolute Gasteiger partial charge is 0.468 e. The molecular weight excluding hydrogens is 370 g/mol. The van der Waals surface area contributed by atoms with Crippen molar-refractivity contribution < 1.29 is 22.7 Å². The summed E-state index contributed by atoms with van der Waals surface area (Å²) >= 11 is 0. The Kier molecular flexibility index (Phi) is 7.99. The molecule has 148 valence electrons. The van der Waals surface area contributed by atoms with E-state index < -0.39 is 10.0 Å². The first-order chi connectivity index (χ1) is 13.0. The van der Waals surface area contributed by atoms with Crippen LogP contribution in [0.4, 0.5) is 0 Å². The van der Waals surface area contributed by atoms with Gasteiger partial charge in [0.2, 0.25) is 10.0 Å². The minimum absolute atomic E-state index is 0.0549. The highest BCUT2D eigenvalue weighted by Gasteiger charge is 2.15. The Morgan fingerprint density at radius 3 is 2.52 bits per heavy atom. The molecule has 0 radical (unpaired) electrons. The predicted octanol–water partition coefficient (Wildman–Crippen LogP) is 0.802. The first kappa shape index (κ1) is 21.1. The zero-order valence-electron chi connectivity index (χ0n) is 15.2. The molecule has 0 aliphatic carbocycles. The topological polar surface area (TPSA) is 112 Å². The lowest BCUT2D eigenvalue weighted by atomic mass is 10.2. The van der Waals surface area contributed by atoms with Crippen molar-refractivity contribution in [3.8, 4) is 0 Å². The summed E-state index contributed by atoms with van der Waals surface area (Å²) < 4.78 is 32.1. The third kappa shape index (κ3) is 6.47. The fourth-order valence-corrected chi connectivity index (χ4v) is 3.44. The fourth-order valence-electron chi connectivity index (χ4n) is 2.45. The van der Waals surface area contributed by atoms with Crippen LogP contribution in [0, 0.1) is 0 Å². The molecule has 0 atom stereocenters. The third-order valence-corrected chi connectivity index (χ3v) is 5.44. The Morgan fingerprint density at radius 2 is 1.93 bits per heavy atom. The van der Waals surface area contributed by atoms with Crippen LogP contribution in [0.1, 0.15) is 23.0 Å². The Morgan fingerprint density at radius 1 is 1.19 bits per heavy atom. The van der Waals surface area contributed by atoms with Crippen molar-refractivity contribution in [1.29, 1.82) is 0 Å². The number of hydrogen-bond acceptors (Lipinski definition) is 6. The third-order valence-electron chi connectivity index (χ3n) is 4.02. The number of rotatable bonds is 11. The van der Waals surface area contributed by atoms with E-state index in [0.29, 0.717) is 31.0 Å². The maximum Gasteiger partial charge on any atom is 0.251 e. The van der Waals surface area contributed by atoms with Gasteiger partial charge < -0.3 is 14.8 Å². The lowest BCUT2D eigenvalue weighted by Crippen LogP contribution is -2.36. The highest BCUT2D eigenvalue weighted by Crippen LogP contribution is 2.11. The molecule has 2 aromatic rings.